The summed E-state index contributed by atoms with van der Waals surface area (Å²) < 4.78 is 1.06. The van der Waals surface area contributed by atoms with E-state index in [9.17, 15) is 0 Å². The number of rotatable bonds is 6. The summed E-state index contributed by atoms with van der Waals surface area (Å²) in [7, 11) is 0. The third-order valence-corrected chi connectivity index (χ3v) is 2.81. The van der Waals surface area contributed by atoms with E-state index >= 15 is 0 Å². The van der Waals surface area contributed by atoms with Gasteiger partial charge in [0, 0.05) is 22.9 Å². The lowest BCUT2D eigenvalue weighted by Crippen LogP contribution is -2.30. The van der Waals surface area contributed by atoms with Crippen LogP contribution in [0.1, 0.15) is 32.3 Å². The van der Waals surface area contributed by atoms with E-state index < -0.39 is 0 Å². The molecule has 0 amide bonds. The predicted molar refractivity (Wildman–Crippen MR) is 68.0 cm³/mol. The fraction of sp³-hybridized carbons (Fsp3) is 0.583. The van der Waals surface area contributed by atoms with E-state index in [1.807, 2.05) is 12.4 Å². The number of likely N-dealkylation sites (N-methyl/N-ethyl adjacent to an activating group) is 1. The Morgan fingerprint density at radius 1 is 1.40 bits per heavy atom. The van der Waals surface area contributed by atoms with Gasteiger partial charge in [-0.25, -0.2) is 0 Å². The Morgan fingerprint density at radius 2 is 2.20 bits per heavy atom. The summed E-state index contributed by atoms with van der Waals surface area (Å²) in [6.45, 7) is 5.41. The van der Waals surface area contributed by atoms with Crippen LogP contribution in [-0.4, -0.2) is 17.6 Å². The van der Waals surface area contributed by atoms with Gasteiger partial charge in [-0.2, -0.15) is 0 Å². The van der Waals surface area contributed by atoms with E-state index in [4.69, 9.17) is 0 Å². The SMILES string of the molecule is CCCC(Cc1cncc(Br)c1)NCC. The first-order valence-corrected chi connectivity index (χ1v) is 6.38. The van der Waals surface area contributed by atoms with Crippen molar-refractivity contribution in [3.63, 3.8) is 0 Å². The number of hydrogen-bond acceptors (Lipinski definition) is 2. The number of pyridine rings is 1. The first-order valence-electron chi connectivity index (χ1n) is 5.59. The minimum absolute atomic E-state index is 0.580. The maximum atomic E-state index is 4.18. The molecule has 1 rings (SSSR count). The Morgan fingerprint density at radius 3 is 2.80 bits per heavy atom. The molecule has 0 spiro atoms. The number of nitrogens with zero attached hydrogens (tertiary/aromatic N) is 1. The first kappa shape index (κ1) is 12.7. The first-order chi connectivity index (χ1) is 7.26. The summed E-state index contributed by atoms with van der Waals surface area (Å²) in [6.07, 6.45) is 7.28. The molecule has 1 atom stereocenters. The van der Waals surface area contributed by atoms with Crippen LogP contribution in [0.2, 0.25) is 0 Å². The molecule has 0 fully saturated rings. The smallest absolute Gasteiger partial charge is 0.0410 e. The van der Waals surface area contributed by atoms with Crippen molar-refractivity contribution in [2.45, 2.75) is 39.2 Å². The molecule has 15 heavy (non-hydrogen) atoms. The molecule has 1 N–H and O–H groups in total. The molecule has 1 unspecified atom stereocenters. The minimum Gasteiger partial charge on any atom is -0.314 e. The molecule has 0 saturated carbocycles. The lowest BCUT2D eigenvalue weighted by atomic mass is 10.0. The lowest BCUT2D eigenvalue weighted by Gasteiger charge is -2.16. The van der Waals surface area contributed by atoms with Gasteiger partial charge in [0.1, 0.15) is 0 Å². The molecule has 1 aromatic heterocycles. The maximum absolute atomic E-state index is 4.18. The lowest BCUT2D eigenvalue weighted by molar-refractivity contribution is 0.485. The van der Waals surface area contributed by atoms with E-state index in [0.29, 0.717) is 6.04 Å². The molecule has 1 heterocycles. The Hall–Kier alpha value is -0.410. The number of nitrogens with one attached hydrogen (secondary N) is 1. The Kier molecular flexibility index (Phi) is 5.88. The molecule has 0 aliphatic heterocycles. The van der Waals surface area contributed by atoms with Crippen LogP contribution in [0.5, 0.6) is 0 Å². The molecule has 0 saturated heterocycles. The number of aromatic nitrogens is 1. The van der Waals surface area contributed by atoms with Crippen molar-refractivity contribution < 1.29 is 0 Å². The molecule has 84 valence electrons. The molecular weight excluding hydrogens is 252 g/mol. The quantitative estimate of drug-likeness (QED) is 0.859. The molecule has 1 aromatic rings. The van der Waals surface area contributed by atoms with Crippen molar-refractivity contribution in [3.8, 4) is 0 Å². The van der Waals surface area contributed by atoms with Crippen LogP contribution in [0.3, 0.4) is 0 Å². The summed E-state index contributed by atoms with van der Waals surface area (Å²) in [5, 5.41) is 3.51. The molecule has 3 heteroatoms. The van der Waals surface area contributed by atoms with Crippen LogP contribution in [0.4, 0.5) is 0 Å². The normalized spacial score (nSPS) is 12.7. The van der Waals surface area contributed by atoms with E-state index in [-0.39, 0.29) is 0 Å². The molecule has 0 bridgehead atoms. The number of halogens is 1. The highest BCUT2D eigenvalue weighted by atomic mass is 79.9. The maximum Gasteiger partial charge on any atom is 0.0410 e. The predicted octanol–water partition coefficient (Wildman–Crippen LogP) is 3.16. The van der Waals surface area contributed by atoms with E-state index in [1.165, 1.54) is 18.4 Å². The zero-order chi connectivity index (χ0) is 11.1. The van der Waals surface area contributed by atoms with Crippen LogP contribution < -0.4 is 5.32 Å². The Labute approximate surface area is 101 Å². The zero-order valence-corrected chi connectivity index (χ0v) is 11.0. The summed E-state index contributed by atoms with van der Waals surface area (Å²) in [5.74, 6) is 0. The van der Waals surface area contributed by atoms with Gasteiger partial charge in [0.25, 0.3) is 0 Å². The third-order valence-electron chi connectivity index (χ3n) is 2.37. The second kappa shape index (κ2) is 6.96. The summed E-state index contributed by atoms with van der Waals surface area (Å²) in [4.78, 5) is 4.18. The fourth-order valence-electron chi connectivity index (χ4n) is 1.77. The topological polar surface area (TPSA) is 24.9 Å². The van der Waals surface area contributed by atoms with E-state index in [2.05, 4.69) is 46.1 Å². The second-order valence-electron chi connectivity index (χ2n) is 3.76. The standard InChI is InChI=1S/C12H19BrN2/c1-3-5-12(15-4-2)7-10-6-11(13)9-14-8-10/h6,8-9,12,15H,3-5,7H2,1-2H3. The van der Waals surface area contributed by atoms with Crippen LogP contribution in [0.15, 0.2) is 22.9 Å². The fourth-order valence-corrected chi connectivity index (χ4v) is 2.18. The monoisotopic (exact) mass is 270 g/mol. The summed E-state index contributed by atoms with van der Waals surface area (Å²) in [6, 6.07) is 2.73. The van der Waals surface area contributed by atoms with E-state index in [0.717, 1.165) is 17.4 Å². The van der Waals surface area contributed by atoms with Crippen LogP contribution in [0.25, 0.3) is 0 Å². The van der Waals surface area contributed by atoms with Gasteiger partial charge in [-0.05, 0) is 46.9 Å². The van der Waals surface area contributed by atoms with Gasteiger partial charge in [-0.15, -0.1) is 0 Å². The highest BCUT2D eigenvalue weighted by Crippen LogP contribution is 2.12. The van der Waals surface area contributed by atoms with Crippen molar-refractivity contribution in [2.24, 2.45) is 0 Å². The highest BCUT2D eigenvalue weighted by Gasteiger charge is 2.07. The van der Waals surface area contributed by atoms with Gasteiger partial charge in [0.15, 0.2) is 0 Å². The van der Waals surface area contributed by atoms with E-state index in [1.54, 1.807) is 0 Å². The van der Waals surface area contributed by atoms with Gasteiger partial charge in [-0.3, -0.25) is 4.98 Å². The van der Waals surface area contributed by atoms with Crippen molar-refractivity contribution in [1.29, 1.82) is 0 Å². The third kappa shape index (κ3) is 4.76. The molecular formula is C12H19BrN2. The van der Waals surface area contributed by atoms with Crippen molar-refractivity contribution in [3.05, 3.63) is 28.5 Å². The van der Waals surface area contributed by atoms with Crippen LogP contribution in [-0.2, 0) is 6.42 Å². The summed E-state index contributed by atoms with van der Waals surface area (Å²) in [5.41, 5.74) is 1.30. The largest absolute Gasteiger partial charge is 0.314 e. The van der Waals surface area contributed by atoms with Crippen LogP contribution >= 0.6 is 15.9 Å². The van der Waals surface area contributed by atoms with Gasteiger partial charge >= 0.3 is 0 Å². The van der Waals surface area contributed by atoms with Crippen molar-refractivity contribution in [2.75, 3.05) is 6.54 Å². The molecule has 0 aromatic carbocycles. The zero-order valence-electron chi connectivity index (χ0n) is 9.46. The van der Waals surface area contributed by atoms with Gasteiger partial charge < -0.3 is 5.32 Å². The Balaban J connectivity index is 2.56. The average molecular weight is 271 g/mol. The summed E-state index contributed by atoms with van der Waals surface area (Å²) >= 11 is 3.45. The minimum atomic E-state index is 0.580. The van der Waals surface area contributed by atoms with Gasteiger partial charge in [0.05, 0.1) is 0 Å². The molecule has 0 aliphatic carbocycles. The highest BCUT2D eigenvalue weighted by molar-refractivity contribution is 9.10. The van der Waals surface area contributed by atoms with Crippen molar-refractivity contribution in [1.82, 2.24) is 10.3 Å². The second-order valence-corrected chi connectivity index (χ2v) is 4.67. The number of hydrogen-bond donors (Lipinski definition) is 1. The van der Waals surface area contributed by atoms with Gasteiger partial charge in [0.2, 0.25) is 0 Å². The molecule has 0 radical (unpaired) electrons. The molecule has 2 nitrogen and oxygen atoms in total. The average Bonchev–Trinajstić information content (AvgIpc) is 2.18. The van der Waals surface area contributed by atoms with Crippen molar-refractivity contribution >= 4 is 15.9 Å². The molecule has 0 aliphatic rings. The van der Waals surface area contributed by atoms with Crippen LogP contribution in [0, 0.1) is 0 Å². The Bertz CT molecular complexity index is 283. The van der Waals surface area contributed by atoms with Gasteiger partial charge in [-0.1, -0.05) is 20.3 Å².